The molecule has 0 saturated carbocycles. The van der Waals surface area contributed by atoms with Crippen LogP contribution in [0.4, 0.5) is 4.79 Å². The minimum absolute atomic E-state index is 0.145. The zero-order valence-corrected chi connectivity index (χ0v) is 15.2. The number of hydrogen-bond acceptors (Lipinski definition) is 6. The lowest BCUT2D eigenvalue weighted by atomic mass is 10.2. The molecule has 1 amide bonds. The average molecular weight is 348 g/mol. The van der Waals surface area contributed by atoms with E-state index in [1.165, 1.54) is 11.0 Å². The van der Waals surface area contributed by atoms with Crippen molar-refractivity contribution in [3.05, 3.63) is 46.0 Å². The number of ether oxygens (including phenoxy) is 1. The zero-order valence-electron chi connectivity index (χ0n) is 15.2. The van der Waals surface area contributed by atoms with E-state index in [0.29, 0.717) is 24.6 Å². The standard InChI is InChI=1S/C17H24N4O4/c1-11(21(5)16(23)24-17(2,3)4)8-13-19-15(25-20-13)9-12-6-7-14(22)18-10-12/h6-7,10-11H,8-9H2,1-5H3,(H,18,22). The van der Waals surface area contributed by atoms with Gasteiger partial charge < -0.3 is 19.1 Å². The summed E-state index contributed by atoms with van der Waals surface area (Å²) in [6.07, 6.45) is 2.10. The summed E-state index contributed by atoms with van der Waals surface area (Å²) in [6, 6.07) is 3.01. The number of pyridine rings is 1. The highest BCUT2D eigenvalue weighted by atomic mass is 16.6. The number of rotatable bonds is 5. The van der Waals surface area contributed by atoms with Crippen molar-refractivity contribution in [2.24, 2.45) is 0 Å². The molecule has 0 aliphatic carbocycles. The number of aromatic nitrogens is 3. The van der Waals surface area contributed by atoms with Crippen LogP contribution < -0.4 is 5.56 Å². The number of hydrogen-bond donors (Lipinski definition) is 1. The molecule has 8 heteroatoms. The minimum atomic E-state index is -0.541. The predicted molar refractivity (Wildman–Crippen MR) is 91.3 cm³/mol. The maximum Gasteiger partial charge on any atom is 0.410 e. The highest BCUT2D eigenvalue weighted by molar-refractivity contribution is 5.68. The van der Waals surface area contributed by atoms with Crippen LogP contribution in [0, 0.1) is 0 Å². The Kier molecular flexibility index (Phi) is 5.61. The van der Waals surface area contributed by atoms with Crippen LogP contribution in [0.2, 0.25) is 0 Å². The van der Waals surface area contributed by atoms with Gasteiger partial charge >= 0.3 is 6.09 Å². The fraction of sp³-hybridized carbons (Fsp3) is 0.529. The summed E-state index contributed by atoms with van der Waals surface area (Å²) in [7, 11) is 1.68. The summed E-state index contributed by atoms with van der Waals surface area (Å²) in [5.41, 5.74) is 0.170. The Labute approximate surface area is 146 Å². The van der Waals surface area contributed by atoms with Crippen molar-refractivity contribution in [3.63, 3.8) is 0 Å². The van der Waals surface area contributed by atoms with Crippen molar-refractivity contribution in [2.75, 3.05) is 7.05 Å². The molecule has 2 aromatic heterocycles. The number of aromatic amines is 1. The molecule has 0 bridgehead atoms. The van der Waals surface area contributed by atoms with E-state index >= 15 is 0 Å². The Morgan fingerprint density at radius 1 is 1.40 bits per heavy atom. The van der Waals surface area contributed by atoms with Gasteiger partial charge in [0.15, 0.2) is 5.82 Å². The fourth-order valence-electron chi connectivity index (χ4n) is 2.09. The number of nitrogens with one attached hydrogen (secondary N) is 1. The van der Waals surface area contributed by atoms with Crippen molar-refractivity contribution in [1.82, 2.24) is 20.0 Å². The molecule has 1 unspecified atom stereocenters. The first-order chi connectivity index (χ1) is 11.6. The van der Waals surface area contributed by atoms with E-state index in [0.717, 1.165) is 5.56 Å². The summed E-state index contributed by atoms with van der Waals surface area (Å²) < 4.78 is 10.6. The molecule has 0 radical (unpaired) electrons. The van der Waals surface area contributed by atoms with Crippen LogP contribution in [0.1, 0.15) is 45.0 Å². The summed E-state index contributed by atoms with van der Waals surface area (Å²) in [6.45, 7) is 7.37. The molecular weight excluding hydrogens is 324 g/mol. The summed E-state index contributed by atoms with van der Waals surface area (Å²) in [5.74, 6) is 0.969. The van der Waals surface area contributed by atoms with Gasteiger partial charge in [-0.25, -0.2) is 4.79 Å². The van der Waals surface area contributed by atoms with Crippen LogP contribution in [-0.4, -0.2) is 44.8 Å². The Morgan fingerprint density at radius 2 is 2.12 bits per heavy atom. The number of nitrogens with zero attached hydrogens (tertiary/aromatic N) is 3. The van der Waals surface area contributed by atoms with E-state index in [4.69, 9.17) is 9.26 Å². The lowest BCUT2D eigenvalue weighted by Gasteiger charge is -2.28. The highest BCUT2D eigenvalue weighted by Crippen LogP contribution is 2.13. The maximum absolute atomic E-state index is 12.1. The van der Waals surface area contributed by atoms with Crippen LogP contribution in [0.5, 0.6) is 0 Å². The Morgan fingerprint density at radius 3 is 2.72 bits per heavy atom. The molecule has 0 fully saturated rings. The summed E-state index contributed by atoms with van der Waals surface area (Å²) in [5, 5.41) is 3.95. The van der Waals surface area contributed by atoms with Crippen LogP contribution in [0.25, 0.3) is 0 Å². The SMILES string of the molecule is CC(Cc1noc(Cc2ccc(=O)[nH]c2)n1)N(C)C(=O)OC(C)(C)C. The second-order valence-electron chi connectivity index (χ2n) is 6.99. The van der Waals surface area contributed by atoms with Crippen molar-refractivity contribution in [2.45, 2.75) is 52.2 Å². The Hall–Kier alpha value is -2.64. The van der Waals surface area contributed by atoms with Gasteiger partial charge in [-0.05, 0) is 33.3 Å². The smallest absolute Gasteiger partial charge is 0.410 e. The molecule has 0 aromatic carbocycles. The first-order valence-corrected chi connectivity index (χ1v) is 8.09. The number of likely N-dealkylation sites (N-methyl/N-ethyl adjacent to an activating group) is 1. The third kappa shape index (κ3) is 5.74. The molecule has 0 saturated heterocycles. The van der Waals surface area contributed by atoms with Crippen LogP contribution in [0.15, 0.2) is 27.6 Å². The van der Waals surface area contributed by atoms with Crippen molar-refractivity contribution >= 4 is 6.09 Å². The average Bonchev–Trinajstić information content (AvgIpc) is 2.94. The second kappa shape index (κ2) is 7.50. The molecule has 2 aromatic rings. The highest BCUT2D eigenvalue weighted by Gasteiger charge is 2.24. The van der Waals surface area contributed by atoms with Crippen LogP contribution in [0.3, 0.4) is 0 Å². The first kappa shape index (κ1) is 18.7. The fourth-order valence-corrected chi connectivity index (χ4v) is 2.09. The molecular formula is C17H24N4O4. The van der Waals surface area contributed by atoms with Gasteiger partial charge in [0.05, 0.1) is 6.42 Å². The van der Waals surface area contributed by atoms with E-state index in [1.807, 2.05) is 27.7 Å². The third-order valence-electron chi connectivity index (χ3n) is 3.53. The van der Waals surface area contributed by atoms with E-state index in [1.54, 1.807) is 19.3 Å². The van der Waals surface area contributed by atoms with Crippen LogP contribution >= 0.6 is 0 Å². The van der Waals surface area contributed by atoms with Gasteiger partial charge in [-0.15, -0.1) is 0 Å². The third-order valence-corrected chi connectivity index (χ3v) is 3.53. The van der Waals surface area contributed by atoms with Gasteiger partial charge in [0.1, 0.15) is 5.60 Å². The Bertz CT molecular complexity index is 755. The number of carbonyl (C=O) groups excluding carboxylic acids is 1. The first-order valence-electron chi connectivity index (χ1n) is 8.09. The minimum Gasteiger partial charge on any atom is -0.444 e. The van der Waals surface area contributed by atoms with Crippen LogP contribution in [-0.2, 0) is 17.6 Å². The van der Waals surface area contributed by atoms with Gasteiger partial charge in [0, 0.05) is 31.8 Å². The van der Waals surface area contributed by atoms with Crippen molar-refractivity contribution in [3.8, 4) is 0 Å². The number of carbonyl (C=O) groups is 1. The lowest BCUT2D eigenvalue weighted by Crippen LogP contribution is -2.40. The van der Waals surface area contributed by atoms with Gasteiger partial charge in [-0.1, -0.05) is 11.2 Å². The predicted octanol–water partition coefficient (Wildman–Crippen LogP) is 2.15. The molecule has 1 atom stereocenters. The lowest BCUT2D eigenvalue weighted by molar-refractivity contribution is 0.0234. The largest absolute Gasteiger partial charge is 0.444 e. The Balaban J connectivity index is 1.94. The molecule has 2 rings (SSSR count). The number of amides is 1. The van der Waals surface area contributed by atoms with E-state index in [2.05, 4.69) is 15.1 Å². The normalized spacial score (nSPS) is 12.7. The van der Waals surface area contributed by atoms with Crippen molar-refractivity contribution < 1.29 is 14.1 Å². The molecule has 1 N–H and O–H groups in total. The quantitative estimate of drug-likeness (QED) is 0.888. The molecule has 25 heavy (non-hydrogen) atoms. The van der Waals surface area contributed by atoms with E-state index < -0.39 is 11.7 Å². The van der Waals surface area contributed by atoms with Gasteiger partial charge in [-0.3, -0.25) is 4.79 Å². The molecule has 2 heterocycles. The van der Waals surface area contributed by atoms with Crippen molar-refractivity contribution in [1.29, 1.82) is 0 Å². The molecule has 0 aliphatic rings. The zero-order chi connectivity index (χ0) is 18.6. The molecule has 0 aliphatic heterocycles. The molecule has 8 nitrogen and oxygen atoms in total. The van der Waals surface area contributed by atoms with E-state index in [9.17, 15) is 9.59 Å². The summed E-state index contributed by atoms with van der Waals surface area (Å²) >= 11 is 0. The number of H-pyrrole nitrogens is 1. The molecule has 0 spiro atoms. The van der Waals surface area contributed by atoms with E-state index in [-0.39, 0.29) is 11.6 Å². The maximum atomic E-state index is 12.1. The summed E-state index contributed by atoms with van der Waals surface area (Å²) in [4.78, 5) is 31.6. The monoisotopic (exact) mass is 348 g/mol. The second-order valence-corrected chi connectivity index (χ2v) is 6.99. The topological polar surface area (TPSA) is 101 Å². The van der Waals surface area contributed by atoms with Gasteiger partial charge in [-0.2, -0.15) is 4.98 Å². The molecule has 136 valence electrons. The van der Waals surface area contributed by atoms with Gasteiger partial charge in [0.25, 0.3) is 0 Å². The van der Waals surface area contributed by atoms with Gasteiger partial charge in [0.2, 0.25) is 11.4 Å².